The molecular weight excluding hydrogens is 266 g/mol. The fourth-order valence-corrected chi connectivity index (χ4v) is 1.82. The number of ether oxygens (including phenoxy) is 1. The zero-order valence-electron chi connectivity index (χ0n) is 10.2. The molecule has 0 aliphatic carbocycles. The summed E-state index contributed by atoms with van der Waals surface area (Å²) in [5.41, 5.74) is 2.21. The second-order valence-electron chi connectivity index (χ2n) is 3.65. The van der Waals surface area contributed by atoms with Crippen molar-refractivity contribution in [3.05, 3.63) is 41.4 Å². The molecule has 0 unspecified atom stereocenters. The van der Waals surface area contributed by atoms with Crippen LogP contribution in [-0.2, 0) is 0 Å². The molecule has 5 nitrogen and oxygen atoms in total. The molecule has 1 N–H and O–H groups in total. The van der Waals surface area contributed by atoms with Crippen LogP contribution < -0.4 is 4.74 Å². The summed E-state index contributed by atoms with van der Waals surface area (Å²) in [6, 6.07) is 5.32. The molecule has 0 aliphatic heterocycles. The molecule has 19 heavy (non-hydrogen) atoms. The molecule has 0 bridgehead atoms. The topological polar surface area (TPSA) is 67.6 Å². The molecule has 0 aromatic carbocycles. The van der Waals surface area contributed by atoms with Gasteiger partial charge in [-0.3, -0.25) is 4.98 Å². The Balaban J connectivity index is 2.50. The van der Waals surface area contributed by atoms with Crippen molar-refractivity contribution in [2.24, 2.45) is 5.16 Å². The Kier molecular flexibility index (Phi) is 4.30. The second-order valence-corrected chi connectivity index (χ2v) is 4.04. The third-order valence-corrected chi connectivity index (χ3v) is 2.62. The van der Waals surface area contributed by atoms with E-state index in [0.29, 0.717) is 23.2 Å². The van der Waals surface area contributed by atoms with E-state index in [9.17, 15) is 0 Å². The van der Waals surface area contributed by atoms with E-state index in [0.717, 1.165) is 11.1 Å². The second kappa shape index (κ2) is 6.15. The van der Waals surface area contributed by atoms with E-state index in [-0.39, 0.29) is 0 Å². The van der Waals surface area contributed by atoms with Gasteiger partial charge in [-0.2, -0.15) is 0 Å². The highest BCUT2D eigenvalue weighted by Crippen LogP contribution is 2.31. The zero-order valence-corrected chi connectivity index (χ0v) is 11.0. The number of nitrogens with zero attached hydrogens (tertiary/aromatic N) is 3. The van der Waals surface area contributed by atoms with E-state index < -0.39 is 0 Å². The normalized spacial score (nSPS) is 10.8. The molecule has 0 saturated carbocycles. The van der Waals surface area contributed by atoms with Crippen LogP contribution in [0.5, 0.6) is 5.75 Å². The van der Waals surface area contributed by atoms with Gasteiger partial charge in [-0.15, -0.1) is 0 Å². The largest absolute Gasteiger partial charge is 0.492 e. The SMILES string of the molecule is CCOc1cnc(Cl)cc1-c1ccnc(/C=N/O)c1. The molecule has 0 saturated heterocycles. The summed E-state index contributed by atoms with van der Waals surface area (Å²) in [7, 11) is 0. The minimum absolute atomic E-state index is 0.382. The van der Waals surface area contributed by atoms with Gasteiger partial charge in [0.15, 0.2) is 0 Å². The van der Waals surface area contributed by atoms with Gasteiger partial charge in [-0.25, -0.2) is 4.98 Å². The number of pyridine rings is 2. The molecule has 0 atom stereocenters. The maximum absolute atomic E-state index is 8.54. The Morgan fingerprint density at radius 3 is 3.00 bits per heavy atom. The van der Waals surface area contributed by atoms with Gasteiger partial charge in [-0.05, 0) is 30.7 Å². The molecule has 0 spiro atoms. The van der Waals surface area contributed by atoms with Crippen molar-refractivity contribution in [2.75, 3.05) is 6.61 Å². The van der Waals surface area contributed by atoms with Crippen molar-refractivity contribution in [3.63, 3.8) is 0 Å². The van der Waals surface area contributed by atoms with Crippen LogP contribution in [0.4, 0.5) is 0 Å². The number of rotatable bonds is 4. The number of aromatic nitrogens is 2. The average Bonchev–Trinajstić information content (AvgIpc) is 2.42. The molecule has 0 aliphatic rings. The molecule has 0 amide bonds. The standard InChI is InChI=1S/C13H12ClN3O2/c1-2-19-12-8-16-13(14)6-11(12)9-3-4-15-10(5-9)7-17-18/h3-8,18H,2H2,1H3/b17-7+. The first kappa shape index (κ1) is 13.3. The van der Waals surface area contributed by atoms with Crippen molar-refractivity contribution < 1.29 is 9.94 Å². The Morgan fingerprint density at radius 1 is 1.42 bits per heavy atom. The minimum Gasteiger partial charge on any atom is -0.492 e. The number of oxime groups is 1. The van der Waals surface area contributed by atoms with Crippen LogP contribution >= 0.6 is 11.6 Å². The Bertz CT molecular complexity index is 602. The van der Waals surface area contributed by atoms with Crippen LogP contribution in [0.3, 0.4) is 0 Å². The lowest BCUT2D eigenvalue weighted by atomic mass is 10.1. The summed E-state index contributed by atoms with van der Waals surface area (Å²) in [4.78, 5) is 8.06. The van der Waals surface area contributed by atoms with Gasteiger partial charge in [-0.1, -0.05) is 16.8 Å². The highest BCUT2D eigenvalue weighted by molar-refractivity contribution is 6.29. The van der Waals surface area contributed by atoms with Gasteiger partial charge < -0.3 is 9.94 Å². The van der Waals surface area contributed by atoms with Gasteiger partial charge in [0.25, 0.3) is 0 Å². The third-order valence-electron chi connectivity index (χ3n) is 2.42. The Morgan fingerprint density at radius 2 is 2.26 bits per heavy atom. The molecular formula is C13H12ClN3O2. The van der Waals surface area contributed by atoms with Gasteiger partial charge in [0.1, 0.15) is 10.9 Å². The smallest absolute Gasteiger partial charge is 0.145 e. The molecule has 2 aromatic rings. The number of hydrogen-bond donors (Lipinski definition) is 1. The van der Waals surface area contributed by atoms with Gasteiger partial charge in [0, 0.05) is 11.8 Å². The molecule has 2 heterocycles. The number of hydrogen-bond acceptors (Lipinski definition) is 5. The summed E-state index contributed by atoms with van der Waals surface area (Å²) in [6.45, 7) is 2.43. The van der Waals surface area contributed by atoms with Crippen LogP contribution in [0.15, 0.2) is 35.7 Å². The van der Waals surface area contributed by atoms with Gasteiger partial charge in [0.2, 0.25) is 0 Å². The molecule has 2 rings (SSSR count). The molecule has 0 fully saturated rings. The first-order chi connectivity index (χ1) is 9.24. The monoisotopic (exact) mass is 277 g/mol. The summed E-state index contributed by atoms with van der Waals surface area (Å²) in [5.74, 6) is 0.644. The van der Waals surface area contributed by atoms with E-state index >= 15 is 0 Å². The maximum atomic E-state index is 8.54. The van der Waals surface area contributed by atoms with E-state index in [4.69, 9.17) is 21.5 Å². The fraction of sp³-hybridized carbons (Fsp3) is 0.154. The molecule has 2 aromatic heterocycles. The lowest BCUT2D eigenvalue weighted by molar-refractivity contribution is 0.321. The van der Waals surface area contributed by atoms with Crippen LogP contribution in [0.1, 0.15) is 12.6 Å². The molecule has 6 heteroatoms. The fourth-order valence-electron chi connectivity index (χ4n) is 1.66. The number of halogens is 1. The predicted molar refractivity (Wildman–Crippen MR) is 73.0 cm³/mol. The van der Waals surface area contributed by atoms with Crippen molar-refractivity contribution in [1.82, 2.24) is 9.97 Å². The van der Waals surface area contributed by atoms with Crippen molar-refractivity contribution in [2.45, 2.75) is 6.92 Å². The first-order valence-corrected chi connectivity index (χ1v) is 6.04. The van der Waals surface area contributed by atoms with E-state index in [1.807, 2.05) is 13.0 Å². The van der Waals surface area contributed by atoms with E-state index in [1.165, 1.54) is 6.21 Å². The predicted octanol–water partition coefficient (Wildman–Crippen LogP) is 3.00. The summed E-state index contributed by atoms with van der Waals surface area (Å²) >= 11 is 5.92. The van der Waals surface area contributed by atoms with Crippen LogP contribution in [-0.4, -0.2) is 28.0 Å². The van der Waals surface area contributed by atoms with E-state index in [2.05, 4.69) is 15.1 Å². The zero-order chi connectivity index (χ0) is 13.7. The van der Waals surface area contributed by atoms with E-state index in [1.54, 1.807) is 24.5 Å². The van der Waals surface area contributed by atoms with Crippen LogP contribution in [0.2, 0.25) is 5.15 Å². The molecule has 0 radical (unpaired) electrons. The third kappa shape index (κ3) is 3.20. The van der Waals surface area contributed by atoms with Gasteiger partial charge in [0.05, 0.1) is 24.7 Å². The summed E-state index contributed by atoms with van der Waals surface area (Å²) in [5, 5.41) is 11.9. The highest BCUT2D eigenvalue weighted by atomic mass is 35.5. The van der Waals surface area contributed by atoms with Crippen molar-refractivity contribution in [3.8, 4) is 16.9 Å². The highest BCUT2D eigenvalue weighted by Gasteiger charge is 2.09. The van der Waals surface area contributed by atoms with Crippen molar-refractivity contribution >= 4 is 17.8 Å². The quantitative estimate of drug-likeness (QED) is 0.404. The molecule has 98 valence electrons. The average molecular weight is 278 g/mol. The lowest BCUT2D eigenvalue weighted by Crippen LogP contribution is -1.96. The minimum atomic E-state index is 0.382. The first-order valence-electron chi connectivity index (χ1n) is 5.66. The van der Waals surface area contributed by atoms with Crippen LogP contribution in [0, 0.1) is 0 Å². The van der Waals surface area contributed by atoms with Crippen molar-refractivity contribution in [1.29, 1.82) is 0 Å². The Hall–Kier alpha value is -2.14. The van der Waals surface area contributed by atoms with Crippen LogP contribution in [0.25, 0.3) is 11.1 Å². The van der Waals surface area contributed by atoms with Gasteiger partial charge >= 0.3 is 0 Å². The Labute approximate surface area is 115 Å². The summed E-state index contributed by atoms with van der Waals surface area (Å²) < 4.78 is 5.52. The lowest BCUT2D eigenvalue weighted by Gasteiger charge is -2.10. The summed E-state index contributed by atoms with van der Waals surface area (Å²) in [6.07, 6.45) is 4.46. The maximum Gasteiger partial charge on any atom is 0.145 e.